The lowest BCUT2D eigenvalue weighted by Gasteiger charge is -2.21. The summed E-state index contributed by atoms with van der Waals surface area (Å²) in [5.74, 6) is 0.414. The van der Waals surface area contributed by atoms with E-state index < -0.39 is 5.60 Å². The molecule has 4 nitrogen and oxygen atoms in total. The first-order valence-electron chi connectivity index (χ1n) is 5.25. The van der Waals surface area contributed by atoms with Crippen molar-refractivity contribution in [3.63, 3.8) is 0 Å². The minimum Gasteiger partial charge on any atom is -0.444 e. The normalized spacial score (nSPS) is 13.8. The third-order valence-corrected chi connectivity index (χ3v) is 1.93. The van der Waals surface area contributed by atoms with Gasteiger partial charge in [0.15, 0.2) is 0 Å². The molecule has 0 aliphatic carbocycles. The summed E-state index contributed by atoms with van der Waals surface area (Å²) >= 11 is 0. The smallest absolute Gasteiger partial charge is 0.407 e. The predicted octanol–water partition coefficient (Wildman–Crippen LogP) is 0.676. The average molecular weight is 215 g/mol. The third kappa shape index (κ3) is 7.19. The van der Waals surface area contributed by atoms with Crippen LogP contribution in [-0.2, 0) is 4.74 Å². The first-order valence-corrected chi connectivity index (χ1v) is 5.25. The van der Waals surface area contributed by atoms with Gasteiger partial charge in [-0.05, 0) is 20.8 Å². The molecule has 0 heterocycles. The Bertz CT molecular complexity index is 197. The Kier molecular flexibility index (Phi) is 5.65. The second-order valence-corrected chi connectivity index (χ2v) is 4.94. The molecule has 1 atom stereocenters. The number of nitrogens with one attached hydrogen (secondary N) is 2. The summed E-state index contributed by atoms with van der Waals surface area (Å²) in [4.78, 5) is 11.3. The van der Waals surface area contributed by atoms with Gasteiger partial charge in [-0.1, -0.05) is 13.8 Å². The average Bonchev–Trinajstić information content (AvgIpc) is 2.01. The quantitative estimate of drug-likeness (QED) is 0.677. The van der Waals surface area contributed by atoms with Gasteiger partial charge in [0.25, 0.3) is 0 Å². The van der Waals surface area contributed by atoms with Crippen LogP contribution in [0.4, 0.5) is 4.79 Å². The minimum atomic E-state index is -0.449. The summed E-state index contributed by atoms with van der Waals surface area (Å²) in [5, 5.41) is 5.61. The number of amides is 1. The molecule has 2 N–H and O–H groups in total. The molecule has 0 fully saturated rings. The fourth-order valence-electron chi connectivity index (χ4n) is 1.05. The van der Waals surface area contributed by atoms with Crippen LogP contribution in [0.15, 0.2) is 0 Å². The number of hydrogen-bond donors (Lipinski definition) is 2. The molecule has 1 radical (unpaired) electrons. The van der Waals surface area contributed by atoms with Gasteiger partial charge >= 0.3 is 6.09 Å². The largest absolute Gasteiger partial charge is 0.444 e. The number of carbonyl (C=O) groups excluding carboxylic acids is 1. The van der Waals surface area contributed by atoms with E-state index in [0.717, 1.165) is 0 Å². The number of carbonyl (C=O) groups is 1. The highest BCUT2D eigenvalue weighted by molar-refractivity contribution is 5.67. The van der Waals surface area contributed by atoms with Crippen molar-refractivity contribution in [1.82, 2.24) is 5.32 Å². The van der Waals surface area contributed by atoms with E-state index in [1.165, 1.54) is 0 Å². The zero-order chi connectivity index (χ0) is 12.1. The van der Waals surface area contributed by atoms with Gasteiger partial charge in [0.1, 0.15) is 11.6 Å². The van der Waals surface area contributed by atoms with Crippen molar-refractivity contribution in [2.45, 2.75) is 46.3 Å². The monoisotopic (exact) mass is 215 g/mol. The van der Waals surface area contributed by atoms with Gasteiger partial charge in [-0.2, -0.15) is 0 Å². The van der Waals surface area contributed by atoms with Crippen molar-refractivity contribution in [2.24, 2.45) is 5.92 Å². The van der Waals surface area contributed by atoms with Crippen LogP contribution >= 0.6 is 0 Å². The summed E-state index contributed by atoms with van der Waals surface area (Å²) in [6, 6.07) is 0.164. The van der Waals surface area contributed by atoms with E-state index in [0.29, 0.717) is 12.5 Å². The van der Waals surface area contributed by atoms with Gasteiger partial charge in [0, 0.05) is 5.92 Å². The molecule has 0 aromatic carbocycles. The van der Waals surface area contributed by atoms with E-state index in [1.54, 1.807) is 0 Å². The van der Waals surface area contributed by atoms with E-state index in [2.05, 4.69) is 31.5 Å². The van der Waals surface area contributed by atoms with E-state index in [9.17, 15) is 4.79 Å². The maximum absolute atomic E-state index is 11.3. The number of ether oxygens (including phenoxy) is 1. The second kappa shape index (κ2) is 5.95. The van der Waals surface area contributed by atoms with E-state index >= 15 is 0 Å². The predicted molar refractivity (Wildman–Crippen MR) is 59.2 cm³/mol. The first-order chi connectivity index (χ1) is 6.76. The molecule has 0 saturated heterocycles. The highest BCUT2D eigenvalue weighted by Gasteiger charge is 2.19. The van der Waals surface area contributed by atoms with Crippen molar-refractivity contribution in [3.8, 4) is 0 Å². The van der Waals surface area contributed by atoms with Gasteiger partial charge in [-0.25, -0.2) is 4.79 Å². The van der Waals surface area contributed by atoms with Crippen molar-refractivity contribution in [2.75, 3.05) is 6.54 Å². The maximum Gasteiger partial charge on any atom is 0.407 e. The molecule has 0 saturated carbocycles. The summed E-state index contributed by atoms with van der Waals surface area (Å²) in [7, 11) is 3.62. The van der Waals surface area contributed by atoms with Gasteiger partial charge in [0.05, 0.1) is 6.54 Å². The molecule has 1 amide bonds. The Morgan fingerprint density at radius 3 is 2.33 bits per heavy atom. The topological polar surface area (TPSA) is 53.9 Å². The number of hydrogen-bond acceptors (Lipinski definition) is 3. The Morgan fingerprint density at radius 1 is 1.47 bits per heavy atom. The van der Waals surface area contributed by atoms with Crippen LogP contribution in [-0.4, -0.2) is 24.3 Å². The van der Waals surface area contributed by atoms with Crippen molar-refractivity contribution in [3.05, 3.63) is 7.05 Å². The molecule has 0 rings (SSSR count). The molecular formula is C11H23N2O2. The van der Waals surface area contributed by atoms with Crippen LogP contribution in [0.25, 0.3) is 0 Å². The Labute approximate surface area is 92.8 Å². The molecule has 15 heavy (non-hydrogen) atoms. The molecule has 0 bridgehead atoms. The molecule has 1 unspecified atom stereocenters. The van der Waals surface area contributed by atoms with E-state index in [1.807, 2.05) is 20.8 Å². The van der Waals surface area contributed by atoms with Crippen LogP contribution in [0.1, 0.15) is 34.6 Å². The third-order valence-electron chi connectivity index (χ3n) is 1.93. The summed E-state index contributed by atoms with van der Waals surface area (Å²) in [6.07, 6.45) is -0.386. The lowest BCUT2D eigenvalue weighted by atomic mass is 10.1. The Balaban J connectivity index is 3.89. The van der Waals surface area contributed by atoms with Crippen molar-refractivity contribution < 1.29 is 14.8 Å². The fraction of sp³-hybridized carbons (Fsp3) is 0.818. The lowest BCUT2D eigenvalue weighted by Crippen LogP contribution is -2.87. The molecular weight excluding hydrogens is 192 g/mol. The molecule has 0 aliphatic rings. The standard InChI is InChI=1S/C11H23N2O2/c1-8(2)9(12-6)7-13-10(14)15-11(3,4)5/h8-9,12H,6-7H2,1-5H3,(H,13,14). The van der Waals surface area contributed by atoms with E-state index in [4.69, 9.17) is 4.74 Å². The SMILES string of the molecule is [CH2-][NH+]C(CNC(=O)OC(C)(C)C)C(C)C. The second-order valence-electron chi connectivity index (χ2n) is 4.94. The fourth-order valence-corrected chi connectivity index (χ4v) is 1.05. The highest BCUT2D eigenvalue weighted by atomic mass is 16.6. The van der Waals surface area contributed by atoms with Crippen LogP contribution in [0, 0.1) is 13.0 Å². The van der Waals surface area contributed by atoms with Gasteiger partial charge in [-0.3, -0.25) is 0 Å². The van der Waals surface area contributed by atoms with Gasteiger partial charge in [0.2, 0.25) is 0 Å². The zero-order valence-corrected chi connectivity index (χ0v) is 10.4. The van der Waals surface area contributed by atoms with E-state index in [-0.39, 0.29) is 12.1 Å². The highest BCUT2D eigenvalue weighted by Crippen LogP contribution is 2.06. The Hall–Kier alpha value is -0.770. The zero-order valence-electron chi connectivity index (χ0n) is 10.4. The van der Waals surface area contributed by atoms with Crippen molar-refractivity contribution >= 4 is 6.09 Å². The minimum absolute atomic E-state index is 0.164. The molecule has 0 spiro atoms. The van der Waals surface area contributed by atoms with Gasteiger partial charge in [-0.15, -0.1) is 7.05 Å². The molecule has 89 valence electrons. The maximum atomic E-state index is 11.3. The van der Waals surface area contributed by atoms with Crippen LogP contribution < -0.4 is 10.6 Å². The molecule has 0 aliphatic heterocycles. The van der Waals surface area contributed by atoms with Crippen molar-refractivity contribution in [1.29, 1.82) is 0 Å². The summed E-state index contributed by atoms with van der Waals surface area (Å²) < 4.78 is 5.11. The Morgan fingerprint density at radius 2 is 2.00 bits per heavy atom. The van der Waals surface area contributed by atoms with Crippen LogP contribution in [0.2, 0.25) is 0 Å². The summed E-state index contributed by atoms with van der Waals surface area (Å²) in [5.41, 5.74) is -0.449. The lowest BCUT2D eigenvalue weighted by molar-refractivity contribution is -0.638. The molecule has 4 heteroatoms. The summed E-state index contributed by atoms with van der Waals surface area (Å²) in [6.45, 7) is 10.2. The number of rotatable bonds is 4. The van der Waals surface area contributed by atoms with Crippen LogP contribution in [0.5, 0.6) is 0 Å². The first kappa shape index (κ1) is 14.2. The molecule has 0 aromatic heterocycles. The number of alkyl carbamates (subject to hydrolysis) is 1. The van der Waals surface area contributed by atoms with Crippen LogP contribution in [0.3, 0.4) is 0 Å². The van der Waals surface area contributed by atoms with Gasteiger partial charge < -0.3 is 15.4 Å². The molecule has 0 aromatic rings.